The van der Waals surface area contributed by atoms with Crippen LogP contribution < -0.4 is 0 Å². The standard InChI is InChI=1S/C8H13N3S/c1-3-4-5-7-6-9-11-8(10-7)12-2/h6H,3-5H2,1-2H3. The van der Waals surface area contributed by atoms with Gasteiger partial charge in [-0.3, -0.25) is 0 Å². The molecule has 1 rings (SSSR count). The molecule has 0 bridgehead atoms. The molecule has 1 aromatic heterocycles. The van der Waals surface area contributed by atoms with E-state index in [9.17, 15) is 0 Å². The molecule has 0 saturated heterocycles. The molecule has 3 nitrogen and oxygen atoms in total. The third-order valence-corrected chi connectivity index (χ3v) is 2.10. The second-order valence-electron chi connectivity index (χ2n) is 2.54. The Bertz CT molecular complexity index is 239. The van der Waals surface area contributed by atoms with Crippen molar-refractivity contribution in [2.45, 2.75) is 31.3 Å². The minimum Gasteiger partial charge on any atom is -0.225 e. The molecule has 0 aliphatic carbocycles. The molecule has 0 amide bonds. The van der Waals surface area contributed by atoms with Crippen molar-refractivity contribution in [3.05, 3.63) is 11.9 Å². The Morgan fingerprint density at radius 2 is 2.33 bits per heavy atom. The number of rotatable bonds is 4. The lowest BCUT2D eigenvalue weighted by Crippen LogP contribution is -1.96. The van der Waals surface area contributed by atoms with E-state index in [-0.39, 0.29) is 0 Å². The summed E-state index contributed by atoms with van der Waals surface area (Å²) in [6.45, 7) is 2.17. The largest absolute Gasteiger partial charge is 0.225 e. The van der Waals surface area contributed by atoms with Crippen molar-refractivity contribution in [3.8, 4) is 0 Å². The molecule has 66 valence electrons. The Balaban J connectivity index is 2.60. The first-order valence-corrected chi connectivity index (χ1v) is 5.32. The second kappa shape index (κ2) is 5.09. The normalized spacial score (nSPS) is 10.2. The number of aromatic nitrogens is 3. The molecule has 4 heteroatoms. The summed E-state index contributed by atoms with van der Waals surface area (Å²) >= 11 is 1.53. The highest BCUT2D eigenvalue weighted by molar-refractivity contribution is 7.98. The van der Waals surface area contributed by atoms with Crippen LogP contribution in [0, 0.1) is 0 Å². The predicted molar refractivity (Wildman–Crippen MR) is 50.2 cm³/mol. The van der Waals surface area contributed by atoms with E-state index < -0.39 is 0 Å². The molecule has 0 fully saturated rings. The Morgan fingerprint density at radius 3 is 3.00 bits per heavy atom. The molecule has 0 atom stereocenters. The number of hydrogen-bond donors (Lipinski definition) is 0. The minimum absolute atomic E-state index is 0.767. The van der Waals surface area contributed by atoms with Crippen LogP contribution in [0.25, 0.3) is 0 Å². The van der Waals surface area contributed by atoms with Crippen LogP contribution in [0.1, 0.15) is 25.5 Å². The van der Waals surface area contributed by atoms with E-state index in [0.29, 0.717) is 0 Å². The molecule has 1 heterocycles. The lowest BCUT2D eigenvalue weighted by molar-refractivity contribution is 0.728. The van der Waals surface area contributed by atoms with E-state index in [1.807, 2.05) is 6.26 Å². The van der Waals surface area contributed by atoms with Crippen molar-refractivity contribution in [2.24, 2.45) is 0 Å². The van der Waals surface area contributed by atoms with Crippen molar-refractivity contribution in [1.82, 2.24) is 15.2 Å². The van der Waals surface area contributed by atoms with E-state index in [4.69, 9.17) is 0 Å². The van der Waals surface area contributed by atoms with Gasteiger partial charge in [-0.1, -0.05) is 25.1 Å². The summed E-state index contributed by atoms with van der Waals surface area (Å²) < 4.78 is 0. The summed E-state index contributed by atoms with van der Waals surface area (Å²) in [6.07, 6.45) is 7.08. The smallest absolute Gasteiger partial charge is 0.209 e. The molecule has 0 saturated carbocycles. The average Bonchev–Trinajstić information content (AvgIpc) is 2.15. The van der Waals surface area contributed by atoms with Gasteiger partial charge >= 0.3 is 0 Å². The monoisotopic (exact) mass is 183 g/mol. The lowest BCUT2D eigenvalue weighted by Gasteiger charge is -1.98. The van der Waals surface area contributed by atoms with E-state index in [0.717, 1.165) is 17.3 Å². The molecule has 1 aromatic rings. The van der Waals surface area contributed by atoms with Crippen LogP contribution in [0.3, 0.4) is 0 Å². The summed E-state index contributed by atoms with van der Waals surface area (Å²) in [5.74, 6) is 0. The van der Waals surface area contributed by atoms with Gasteiger partial charge in [0.15, 0.2) is 0 Å². The van der Waals surface area contributed by atoms with Gasteiger partial charge < -0.3 is 0 Å². The van der Waals surface area contributed by atoms with E-state index in [1.54, 1.807) is 6.20 Å². The van der Waals surface area contributed by atoms with Gasteiger partial charge in [0.2, 0.25) is 5.16 Å². The molecule has 0 aliphatic heterocycles. The van der Waals surface area contributed by atoms with Crippen molar-refractivity contribution in [1.29, 1.82) is 0 Å². The van der Waals surface area contributed by atoms with E-state index in [2.05, 4.69) is 22.1 Å². The minimum atomic E-state index is 0.767. The molecule has 0 aromatic carbocycles. The molecule has 0 spiro atoms. The third-order valence-electron chi connectivity index (χ3n) is 1.56. The first-order valence-electron chi connectivity index (χ1n) is 4.09. The van der Waals surface area contributed by atoms with Crippen molar-refractivity contribution in [3.63, 3.8) is 0 Å². The van der Waals surface area contributed by atoms with Crippen LogP contribution in [0.2, 0.25) is 0 Å². The molecular formula is C8H13N3S. The van der Waals surface area contributed by atoms with Crippen LogP contribution in [-0.2, 0) is 6.42 Å². The number of nitrogens with zero attached hydrogens (tertiary/aromatic N) is 3. The van der Waals surface area contributed by atoms with Gasteiger partial charge in [-0.2, -0.15) is 5.10 Å². The summed E-state index contributed by atoms with van der Waals surface area (Å²) in [7, 11) is 0. The van der Waals surface area contributed by atoms with Gasteiger partial charge in [0.1, 0.15) is 0 Å². The molecule has 0 radical (unpaired) electrons. The third kappa shape index (κ3) is 2.77. The van der Waals surface area contributed by atoms with Crippen molar-refractivity contribution in [2.75, 3.05) is 6.26 Å². The second-order valence-corrected chi connectivity index (χ2v) is 3.31. The molecule has 12 heavy (non-hydrogen) atoms. The Kier molecular flexibility index (Phi) is 4.00. The zero-order chi connectivity index (χ0) is 8.81. The zero-order valence-electron chi connectivity index (χ0n) is 7.45. The van der Waals surface area contributed by atoms with Gasteiger partial charge in [-0.05, 0) is 19.1 Å². The highest BCUT2D eigenvalue weighted by Gasteiger charge is 1.97. The van der Waals surface area contributed by atoms with E-state index in [1.165, 1.54) is 24.6 Å². The number of aryl methyl sites for hydroxylation is 1. The maximum atomic E-state index is 4.32. The van der Waals surface area contributed by atoms with Gasteiger partial charge in [-0.15, -0.1) is 5.10 Å². The fourth-order valence-corrected chi connectivity index (χ4v) is 1.22. The number of unbranched alkanes of at least 4 members (excludes halogenated alkanes) is 1. The topological polar surface area (TPSA) is 38.7 Å². The highest BCUT2D eigenvalue weighted by Crippen LogP contribution is 2.07. The fourth-order valence-electron chi connectivity index (χ4n) is 0.884. The zero-order valence-corrected chi connectivity index (χ0v) is 8.27. The van der Waals surface area contributed by atoms with Gasteiger partial charge in [0, 0.05) is 0 Å². The summed E-state index contributed by atoms with van der Waals surface area (Å²) in [5.41, 5.74) is 1.05. The summed E-state index contributed by atoms with van der Waals surface area (Å²) in [6, 6.07) is 0. The lowest BCUT2D eigenvalue weighted by atomic mass is 10.2. The quantitative estimate of drug-likeness (QED) is 0.669. The van der Waals surface area contributed by atoms with Crippen LogP contribution in [0.4, 0.5) is 0 Å². The van der Waals surface area contributed by atoms with Crippen molar-refractivity contribution >= 4 is 11.8 Å². The molecule has 0 unspecified atom stereocenters. The van der Waals surface area contributed by atoms with Gasteiger partial charge in [0.25, 0.3) is 0 Å². The predicted octanol–water partition coefficient (Wildman–Crippen LogP) is 1.94. The first kappa shape index (κ1) is 9.45. The van der Waals surface area contributed by atoms with Gasteiger partial charge in [0.05, 0.1) is 11.9 Å². The van der Waals surface area contributed by atoms with Crippen LogP contribution in [0.5, 0.6) is 0 Å². The highest BCUT2D eigenvalue weighted by atomic mass is 32.2. The summed E-state index contributed by atoms with van der Waals surface area (Å²) in [5, 5.41) is 8.51. The molecule has 0 aliphatic rings. The molecular weight excluding hydrogens is 170 g/mol. The van der Waals surface area contributed by atoms with Crippen LogP contribution >= 0.6 is 11.8 Å². The maximum absolute atomic E-state index is 4.32. The SMILES string of the molecule is CCCCc1cnnc(SC)n1. The number of hydrogen-bond acceptors (Lipinski definition) is 4. The Hall–Kier alpha value is -0.640. The van der Waals surface area contributed by atoms with Gasteiger partial charge in [-0.25, -0.2) is 4.98 Å². The Morgan fingerprint density at radius 1 is 1.50 bits per heavy atom. The molecule has 0 N–H and O–H groups in total. The maximum Gasteiger partial charge on any atom is 0.209 e. The summed E-state index contributed by atoms with van der Waals surface area (Å²) in [4.78, 5) is 4.32. The first-order chi connectivity index (χ1) is 5.86. The van der Waals surface area contributed by atoms with E-state index >= 15 is 0 Å². The average molecular weight is 183 g/mol. The van der Waals surface area contributed by atoms with Crippen LogP contribution in [0.15, 0.2) is 11.4 Å². The Labute approximate surface area is 77.0 Å². The van der Waals surface area contributed by atoms with Crippen LogP contribution in [-0.4, -0.2) is 21.4 Å². The number of thioether (sulfide) groups is 1. The fraction of sp³-hybridized carbons (Fsp3) is 0.625. The van der Waals surface area contributed by atoms with Crippen molar-refractivity contribution < 1.29 is 0 Å².